The van der Waals surface area contributed by atoms with Crippen molar-refractivity contribution >= 4 is 63.8 Å². The van der Waals surface area contributed by atoms with Crippen LogP contribution in [0.25, 0.3) is 0 Å². The zero-order valence-electron chi connectivity index (χ0n) is 5.95. The van der Waals surface area contributed by atoms with Crippen molar-refractivity contribution in [1.29, 1.82) is 0 Å². The fraction of sp³-hybridized carbons (Fsp3) is 1.00. The van der Waals surface area contributed by atoms with Gasteiger partial charge in [0.15, 0.2) is 0 Å². The first-order valence-electron chi connectivity index (χ1n) is 3.65. The second kappa shape index (κ2) is 10.1. The summed E-state index contributed by atoms with van der Waals surface area (Å²) in [4.78, 5) is 0. The maximum absolute atomic E-state index is 2.53. The molecule has 0 unspecified atom stereocenters. The van der Waals surface area contributed by atoms with Crippen LogP contribution in [0.5, 0.6) is 0 Å². The van der Waals surface area contributed by atoms with Crippen LogP contribution in [0, 0.1) is 0 Å². The van der Waals surface area contributed by atoms with Gasteiger partial charge in [0.1, 0.15) is 0 Å². The zero-order chi connectivity index (χ0) is 7.82. The van der Waals surface area contributed by atoms with Crippen molar-refractivity contribution < 1.29 is 0 Å². The normalized spacial score (nSPS) is 18.0. The fourth-order valence-corrected chi connectivity index (χ4v) is 1.06. The SMILES string of the molecule is C1CCCCC1.[I][SnH]([I])[I]. The number of hydrogen-bond donors (Lipinski definition) is 0. The summed E-state index contributed by atoms with van der Waals surface area (Å²) in [5.74, 6) is 0. The van der Waals surface area contributed by atoms with Gasteiger partial charge in [0.2, 0.25) is 0 Å². The zero-order valence-corrected chi connectivity index (χ0v) is 15.7. The van der Waals surface area contributed by atoms with Gasteiger partial charge >= 0.3 is 63.8 Å². The van der Waals surface area contributed by atoms with E-state index < -0.39 is 7.86 Å². The fourth-order valence-electron chi connectivity index (χ4n) is 1.06. The molecule has 0 aromatic rings. The second-order valence-corrected chi connectivity index (χ2v) is 76.8. The molecule has 1 aliphatic rings. The first-order chi connectivity index (χ1) is 4.73. The predicted molar refractivity (Wildman–Crippen MR) is 76.9 cm³/mol. The van der Waals surface area contributed by atoms with Crippen LogP contribution in [0.15, 0.2) is 0 Å². The van der Waals surface area contributed by atoms with Crippen LogP contribution in [0.1, 0.15) is 38.5 Å². The van der Waals surface area contributed by atoms with E-state index in [2.05, 4.69) is 55.9 Å². The molecule has 0 aromatic carbocycles. The quantitative estimate of drug-likeness (QED) is 0.294. The van der Waals surface area contributed by atoms with E-state index in [0.717, 1.165) is 0 Å². The van der Waals surface area contributed by atoms with Crippen molar-refractivity contribution in [2.75, 3.05) is 0 Å². The summed E-state index contributed by atoms with van der Waals surface area (Å²) in [5, 5.41) is 0. The first kappa shape index (κ1) is 13.0. The Bertz CT molecular complexity index is 49.7. The number of hydrogen-bond acceptors (Lipinski definition) is 0. The van der Waals surface area contributed by atoms with Crippen molar-refractivity contribution in [3.8, 4) is 0 Å². The molecule has 0 aromatic heterocycles. The van der Waals surface area contributed by atoms with Gasteiger partial charge in [0.05, 0.1) is 0 Å². The van der Waals surface area contributed by atoms with E-state index in [1.165, 1.54) is 38.5 Å². The average molecular weight is 585 g/mol. The minimum absolute atomic E-state index is 0.727. The molecule has 0 radical (unpaired) electrons. The van der Waals surface area contributed by atoms with Crippen LogP contribution in [0.4, 0.5) is 0 Å². The summed E-state index contributed by atoms with van der Waals surface area (Å²) < 4.78 is 0. The van der Waals surface area contributed by atoms with Crippen LogP contribution in [-0.4, -0.2) is 7.86 Å². The molecule has 10 heavy (non-hydrogen) atoms. The van der Waals surface area contributed by atoms with E-state index in [1.54, 1.807) is 0 Å². The summed E-state index contributed by atoms with van der Waals surface area (Å²) in [6.45, 7) is 0. The standard InChI is InChI=1S/C6H12.3HI.Sn.H/c1-2-4-6-5-3-1;;;;;/h1-6H2;3*1H;;/q;;;;+3;/p-3. The molecule has 0 atom stereocenters. The summed E-state index contributed by atoms with van der Waals surface area (Å²) in [6, 6.07) is 0. The number of rotatable bonds is 0. The van der Waals surface area contributed by atoms with Gasteiger partial charge < -0.3 is 0 Å². The molecule has 1 fully saturated rings. The predicted octanol–water partition coefficient (Wildman–Crippen LogP) is 4.35. The summed E-state index contributed by atoms with van der Waals surface area (Å²) in [5.41, 5.74) is 0. The molecule has 0 nitrogen and oxygen atoms in total. The van der Waals surface area contributed by atoms with E-state index >= 15 is 0 Å². The number of halogens is 3. The molecule has 0 heterocycles. The Morgan fingerprint density at radius 2 is 0.700 bits per heavy atom. The topological polar surface area (TPSA) is 0 Å². The average Bonchev–Trinajstić information content (AvgIpc) is 1.90. The molecule has 0 amide bonds. The molecule has 0 aliphatic heterocycles. The van der Waals surface area contributed by atoms with Gasteiger partial charge in [0.25, 0.3) is 0 Å². The van der Waals surface area contributed by atoms with E-state index in [-0.39, 0.29) is 0 Å². The minimum atomic E-state index is -0.727. The third kappa shape index (κ3) is 13.6. The van der Waals surface area contributed by atoms with Crippen molar-refractivity contribution in [2.45, 2.75) is 38.5 Å². The third-order valence-electron chi connectivity index (χ3n) is 1.50. The Morgan fingerprint density at radius 1 is 0.600 bits per heavy atom. The molecule has 0 saturated heterocycles. The van der Waals surface area contributed by atoms with Gasteiger partial charge in [-0.15, -0.1) is 0 Å². The first-order valence-corrected chi connectivity index (χ1v) is 32.5. The van der Waals surface area contributed by atoms with Crippen molar-refractivity contribution in [2.24, 2.45) is 0 Å². The molecule has 4 heteroatoms. The third-order valence-corrected chi connectivity index (χ3v) is 1.50. The van der Waals surface area contributed by atoms with E-state index in [9.17, 15) is 0 Å². The van der Waals surface area contributed by atoms with Gasteiger partial charge in [-0.25, -0.2) is 0 Å². The van der Waals surface area contributed by atoms with Gasteiger partial charge in [-0.2, -0.15) is 0 Å². The van der Waals surface area contributed by atoms with Gasteiger partial charge in [0, 0.05) is 0 Å². The Hall–Kier alpha value is 2.99. The van der Waals surface area contributed by atoms with Crippen LogP contribution >= 0.6 is 55.9 Å². The molecule has 1 saturated carbocycles. The van der Waals surface area contributed by atoms with Crippen LogP contribution < -0.4 is 0 Å². The molecular weight excluding hydrogens is 571 g/mol. The van der Waals surface area contributed by atoms with E-state index in [0.29, 0.717) is 0 Å². The summed E-state index contributed by atoms with van der Waals surface area (Å²) in [6.07, 6.45) is 9.00. The van der Waals surface area contributed by atoms with Crippen molar-refractivity contribution in [1.82, 2.24) is 0 Å². The van der Waals surface area contributed by atoms with E-state index in [4.69, 9.17) is 0 Å². The monoisotopic (exact) mass is 586 g/mol. The molecular formula is C6H13I3Sn. The summed E-state index contributed by atoms with van der Waals surface area (Å²) in [7, 11) is -0.727. The molecule has 62 valence electrons. The Balaban J connectivity index is 0.000000180. The van der Waals surface area contributed by atoms with Crippen LogP contribution in [-0.2, 0) is 0 Å². The van der Waals surface area contributed by atoms with Gasteiger partial charge in [-0.3, -0.25) is 0 Å². The Kier molecular flexibility index (Phi) is 13.1. The molecule has 0 spiro atoms. The molecule has 1 rings (SSSR count). The molecule has 0 bridgehead atoms. The van der Waals surface area contributed by atoms with Gasteiger partial charge in [-0.05, 0) is 0 Å². The molecule has 1 aliphatic carbocycles. The Morgan fingerprint density at radius 3 is 0.800 bits per heavy atom. The van der Waals surface area contributed by atoms with Crippen molar-refractivity contribution in [3.63, 3.8) is 0 Å². The van der Waals surface area contributed by atoms with Crippen LogP contribution in [0.2, 0.25) is 0 Å². The van der Waals surface area contributed by atoms with Crippen LogP contribution in [0.3, 0.4) is 0 Å². The second-order valence-electron chi connectivity index (χ2n) is 2.37. The van der Waals surface area contributed by atoms with Crippen molar-refractivity contribution in [3.05, 3.63) is 0 Å². The maximum atomic E-state index is 2.53. The van der Waals surface area contributed by atoms with E-state index in [1.807, 2.05) is 0 Å². The Labute approximate surface area is 100.0 Å². The van der Waals surface area contributed by atoms with Gasteiger partial charge in [-0.1, -0.05) is 38.5 Å². The molecule has 0 N–H and O–H groups in total. The summed E-state index contributed by atoms with van der Waals surface area (Å²) >= 11 is 7.58.